The van der Waals surface area contributed by atoms with Crippen LogP contribution in [0, 0.1) is 10.1 Å². The van der Waals surface area contributed by atoms with E-state index < -0.39 is 10.9 Å². The van der Waals surface area contributed by atoms with E-state index >= 15 is 0 Å². The third kappa shape index (κ3) is 3.02. The van der Waals surface area contributed by atoms with E-state index in [4.69, 9.17) is 5.11 Å². The van der Waals surface area contributed by atoms with Crippen LogP contribution in [0.3, 0.4) is 0 Å². The molecule has 14 heavy (non-hydrogen) atoms. The summed E-state index contributed by atoms with van der Waals surface area (Å²) in [6, 6.07) is 2.71. The fraction of sp³-hybridized carbons (Fsp3) is 0.143. The quantitative estimate of drug-likeness (QED) is 0.459. The van der Waals surface area contributed by atoms with Gasteiger partial charge in [0.15, 0.2) is 6.20 Å². The van der Waals surface area contributed by atoms with E-state index in [0.717, 1.165) is 11.8 Å². The summed E-state index contributed by atoms with van der Waals surface area (Å²) in [5.41, 5.74) is 0. The van der Waals surface area contributed by atoms with Crippen molar-refractivity contribution in [1.29, 1.82) is 0 Å². The summed E-state index contributed by atoms with van der Waals surface area (Å²) in [6.07, 6.45) is 1.28. The molecule has 1 aromatic rings. The van der Waals surface area contributed by atoms with E-state index in [1.54, 1.807) is 0 Å². The molecular formula is C7H6N2O4S. The van der Waals surface area contributed by atoms with E-state index in [1.165, 1.54) is 18.3 Å². The van der Waals surface area contributed by atoms with Gasteiger partial charge in [-0.25, -0.2) is 0 Å². The average molecular weight is 214 g/mol. The van der Waals surface area contributed by atoms with Crippen molar-refractivity contribution >= 4 is 23.5 Å². The van der Waals surface area contributed by atoms with E-state index in [1.807, 2.05) is 0 Å². The summed E-state index contributed by atoms with van der Waals surface area (Å²) in [5.74, 6) is -1.27. The van der Waals surface area contributed by atoms with Gasteiger partial charge in [-0.15, -0.1) is 11.8 Å². The molecule has 0 radical (unpaired) electrons. The number of carboxylic acids is 1. The van der Waals surface area contributed by atoms with Crippen LogP contribution in [0.1, 0.15) is 0 Å². The average Bonchev–Trinajstić information content (AvgIpc) is 2.15. The van der Waals surface area contributed by atoms with Gasteiger partial charge in [0.2, 0.25) is 0 Å². The number of aromatic nitrogens is 1. The molecule has 0 unspecified atom stereocenters. The van der Waals surface area contributed by atoms with Gasteiger partial charge in [-0.3, -0.25) is 4.79 Å². The SMILES string of the molecule is O=C(O)CSc1ccc([N+](=O)[O-])nc1. The lowest BCUT2D eigenvalue weighted by atomic mass is 10.5. The molecule has 0 amide bonds. The maximum atomic E-state index is 10.2. The monoisotopic (exact) mass is 214 g/mol. The van der Waals surface area contributed by atoms with E-state index in [2.05, 4.69) is 4.98 Å². The Labute approximate surface area is 83.1 Å². The first-order chi connectivity index (χ1) is 6.59. The van der Waals surface area contributed by atoms with Crippen molar-refractivity contribution in [3.63, 3.8) is 0 Å². The summed E-state index contributed by atoms with van der Waals surface area (Å²) >= 11 is 1.06. The first kappa shape index (κ1) is 10.5. The van der Waals surface area contributed by atoms with Crippen molar-refractivity contribution in [2.45, 2.75) is 4.90 Å². The lowest BCUT2D eigenvalue weighted by Gasteiger charge is -1.95. The van der Waals surface area contributed by atoms with Gasteiger partial charge >= 0.3 is 11.8 Å². The number of nitrogens with zero attached hydrogens (tertiary/aromatic N) is 2. The largest absolute Gasteiger partial charge is 0.481 e. The Hall–Kier alpha value is -1.63. The molecule has 1 heterocycles. The number of nitro groups is 1. The Morgan fingerprint density at radius 2 is 2.36 bits per heavy atom. The topological polar surface area (TPSA) is 93.3 Å². The van der Waals surface area contributed by atoms with E-state index in [9.17, 15) is 14.9 Å². The number of aliphatic carboxylic acids is 1. The van der Waals surface area contributed by atoms with Crippen LogP contribution in [-0.4, -0.2) is 26.7 Å². The van der Waals surface area contributed by atoms with Crippen LogP contribution in [0.25, 0.3) is 0 Å². The molecule has 74 valence electrons. The molecule has 1 rings (SSSR count). The molecule has 0 aliphatic carbocycles. The highest BCUT2D eigenvalue weighted by Crippen LogP contribution is 2.18. The zero-order chi connectivity index (χ0) is 10.6. The van der Waals surface area contributed by atoms with Crippen molar-refractivity contribution in [3.05, 3.63) is 28.4 Å². The fourth-order valence-corrected chi connectivity index (χ4v) is 1.29. The molecule has 0 atom stereocenters. The fourth-order valence-electron chi connectivity index (χ4n) is 0.711. The van der Waals surface area contributed by atoms with Crippen LogP contribution in [0.2, 0.25) is 0 Å². The number of hydrogen-bond acceptors (Lipinski definition) is 5. The molecule has 7 heteroatoms. The second-order valence-corrected chi connectivity index (χ2v) is 3.34. The highest BCUT2D eigenvalue weighted by molar-refractivity contribution is 8.00. The molecule has 0 spiro atoms. The Kier molecular flexibility index (Phi) is 3.41. The van der Waals surface area contributed by atoms with E-state index in [0.29, 0.717) is 4.90 Å². The van der Waals surface area contributed by atoms with Crippen molar-refractivity contribution in [2.24, 2.45) is 0 Å². The van der Waals surface area contributed by atoms with Crippen molar-refractivity contribution in [2.75, 3.05) is 5.75 Å². The van der Waals surface area contributed by atoms with Crippen LogP contribution < -0.4 is 0 Å². The molecule has 0 bridgehead atoms. The second-order valence-electron chi connectivity index (χ2n) is 2.29. The standard InChI is InChI=1S/C7H6N2O4S/c10-7(11)4-14-5-1-2-6(8-3-5)9(12)13/h1-3H,4H2,(H,10,11). The Bertz CT molecular complexity index is 351. The third-order valence-corrected chi connectivity index (χ3v) is 2.24. The van der Waals surface area contributed by atoms with Gasteiger partial charge in [-0.1, -0.05) is 0 Å². The van der Waals surface area contributed by atoms with Crippen molar-refractivity contribution in [3.8, 4) is 0 Å². The number of thioether (sulfide) groups is 1. The number of carbonyl (C=O) groups is 1. The first-order valence-corrected chi connectivity index (χ1v) is 4.53. The number of pyridine rings is 1. The Morgan fingerprint density at radius 3 is 2.79 bits per heavy atom. The minimum absolute atomic E-state index is 0.0838. The molecule has 6 nitrogen and oxygen atoms in total. The van der Waals surface area contributed by atoms with Crippen molar-refractivity contribution in [1.82, 2.24) is 4.98 Å². The zero-order valence-electron chi connectivity index (χ0n) is 6.91. The van der Waals surface area contributed by atoms with Gasteiger partial charge in [0, 0.05) is 6.07 Å². The Morgan fingerprint density at radius 1 is 1.64 bits per heavy atom. The maximum Gasteiger partial charge on any atom is 0.363 e. The van der Waals surface area contributed by atoms with Crippen LogP contribution in [0.15, 0.2) is 23.2 Å². The van der Waals surface area contributed by atoms with Crippen LogP contribution >= 0.6 is 11.8 Å². The van der Waals surface area contributed by atoms with Gasteiger partial charge in [-0.2, -0.15) is 0 Å². The number of rotatable bonds is 4. The smallest absolute Gasteiger partial charge is 0.363 e. The molecular weight excluding hydrogens is 208 g/mol. The third-order valence-electron chi connectivity index (χ3n) is 1.27. The highest BCUT2D eigenvalue weighted by atomic mass is 32.2. The molecule has 0 aliphatic rings. The van der Waals surface area contributed by atoms with Crippen LogP contribution in [0.4, 0.5) is 5.82 Å². The normalized spacial score (nSPS) is 9.71. The van der Waals surface area contributed by atoms with E-state index in [-0.39, 0.29) is 11.6 Å². The van der Waals surface area contributed by atoms with Gasteiger partial charge < -0.3 is 15.2 Å². The number of carboxylic acid groups (broad SMARTS) is 1. The van der Waals surface area contributed by atoms with Crippen LogP contribution in [-0.2, 0) is 4.79 Å². The summed E-state index contributed by atoms with van der Waals surface area (Å²) < 4.78 is 0. The minimum Gasteiger partial charge on any atom is -0.481 e. The summed E-state index contributed by atoms with van der Waals surface area (Å²) in [6.45, 7) is 0. The molecule has 0 saturated heterocycles. The molecule has 0 saturated carbocycles. The molecule has 0 fully saturated rings. The lowest BCUT2D eigenvalue weighted by Crippen LogP contribution is -1.97. The minimum atomic E-state index is -0.937. The summed E-state index contributed by atoms with van der Waals surface area (Å²) in [4.78, 5) is 24.0. The predicted molar refractivity (Wildman–Crippen MR) is 49.3 cm³/mol. The van der Waals surface area contributed by atoms with Gasteiger partial charge in [0.25, 0.3) is 0 Å². The summed E-state index contributed by atoms with van der Waals surface area (Å²) in [5, 5.41) is 18.6. The van der Waals surface area contributed by atoms with Crippen LogP contribution in [0.5, 0.6) is 0 Å². The summed E-state index contributed by atoms with van der Waals surface area (Å²) in [7, 11) is 0. The Balaban J connectivity index is 2.64. The maximum absolute atomic E-state index is 10.2. The molecule has 0 aliphatic heterocycles. The molecule has 1 aromatic heterocycles. The predicted octanol–water partition coefficient (Wildman–Crippen LogP) is 1.17. The highest BCUT2D eigenvalue weighted by Gasteiger charge is 2.07. The lowest BCUT2D eigenvalue weighted by molar-refractivity contribution is -0.389. The second kappa shape index (κ2) is 4.56. The zero-order valence-corrected chi connectivity index (χ0v) is 7.73. The molecule has 0 aromatic carbocycles. The van der Waals surface area contributed by atoms with Gasteiger partial charge in [0.1, 0.15) is 0 Å². The van der Waals surface area contributed by atoms with Gasteiger partial charge in [0.05, 0.1) is 10.6 Å². The van der Waals surface area contributed by atoms with Gasteiger partial charge in [-0.05, 0) is 16.0 Å². The number of hydrogen-bond donors (Lipinski definition) is 1. The van der Waals surface area contributed by atoms with Crippen molar-refractivity contribution < 1.29 is 14.8 Å². The first-order valence-electron chi connectivity index (χ1n) is 3.54. The molecule has 1 N–H and O–H groups in total.